The summed E-state index contributed by atoms with van der Waals surface area (Å²) in [6.07, 6.45) is 1.19. The van der Waals surface area contributed by atoms with Gasteiger partial charge in [-0.3, -0.25) is 4.79 Å². The molecule has 17 heavy (non-hydrogen) atoms. The topological polar surface area (TPSA) is 104 Å². The van der Waals surface area contributed by atoms with Crippen molar-refractivity contribution in [1.29, 1.82) is 5.26 Å². The molecule has 6 nitrogen and oxygen atoms in total. The molecule has 1 heterocycles. The summed E-state index contributed by atoms with van der Waals surface area (Å²) in [4.78, 5) is 11.1. The van der Waals surface area contributed by atoms with Gasteiger partial charge in [0.1, 0.15) is 0 Å². The van der Waals surface area contributed by atoms with Crippen LogP contribution in [0.1, 0.15) is 26.7 Å². The molecule has 0 aliphatic carbocycles. The molecule has 3 atom stereocenters. The standard InChI is InChI=1S/C10H17N3O3S/c1-7-3-4-9(10(12)14)6-13(7)17(15,16)8(2)5-11/h7-9H,3-4,6H2,1-2H3,(H2,12,14). The maximum absolute atomic E-state index is 12.0. The minimum atomic E-state index is -3.66. The molecule has 1 fully saturated rings. The Labute approximate surface area is 101 Å². The number of nitrogens with zero attached hydrogens (tertiary/aromatic N) is 2. The van der Waals surface area contributed by atoms with Crippen LogP contribution in [0.5, 0.6) is 0 Å². The molecule has 0 saturated carbocycles. The highest BCUT2D eigenvalue weighted by Gasteiger charge is 2.38. The molecule has 7 heteroatoms. The molecule has 2 N–H and O–H groups in total. The molecule has 96 valence electrons. The highest BCUT2D eigenvalue weighted by Crippen LogP contribution is 2.26. The van der Waals surface area contributed by atoms with E-state index in [1.165, 1.54) is 11.2 Å². The molecule has 3 unspecified atom stereocenters. The van der Waals surface area contributed by atoms with Gasteiger partial charge < -0.3 is 5.73 Å². The fourth-order valence-electron chi connectivity index (χ4n) is 1.93. The summed E-state index contributed by atoms with van der Waals surface area (Å²) in [5, 5.41) is 7.61. The summed E-state index contributed by atoms with van der Waals surface area (Å²) in [5.41, 5.74) is 5.20. The molecule has 0 aromatic rings. The van der Waals surface area contributed by atoms with Crippen LogP contribution < -0.4 is 5.73 Å². The van der Waals surface area contributed by atoms with Crippen LogP contribution in [-0.2, 0) is 14.8 Å². The van der Waals surface area contributed by atoms with Crippen LogP contribution in [-0.4, -0.2) is 36.5 Å². The van der Waals surface area contributed by atoms with E-state index in [4.69, 9.17) is 11.0 Å². The van der Waals surface area contributed by atoms with Gasteiger partial charge in [0.05, 0.1) is 12.0 Å². The molecule has 0 radical (unpaired) electrons. The average molecular weight is 259 g/mol. The van der Waals surface area contributed by atoms with Gasteiger partial charge in [0.25, 0.3) is 0 Å². The summed E-state index contributed by atoms with van der Waals surface area (Å²) >= 11 is 0. The number of rotatable bonds is 3. The summed E-state index contributed by atoms with van der Waals surface area (Å²) in [6.45, 7) is 3.21. The molecule has 0 spiro atoms. The van der Waals surface area contributed by atoms with Crippen molar-refractivity contribution < 1.29 is 13.2 Å². The molecule has 1 amide bonds. The maximum Gasteiger partial charge on any atom is 0.230 e. The van der Waals surface area contributed by atoms with Crippen LogP contribution >= 0.6 is 0 Å². The monoisotopic (exact) mass is 259 g/mol. The number of piperidine rings is 1. The van der Waals surface area contributed by atoms with Crippen LogP contribution in [0.15, 0.2) is 0 Å². The Morgan fingerprint density at radius 2 is 2.12 bits per heavy atom. The predicted octanol–water partition coefficient (Wildman–Crippen LogP) is -0.186. The second-order valence-corrected chi connectivity index (χ2v) is 6.62. The van der Waals surface area contributed by atoms with Crippen LogP contribution in [0.2, 0.25) is 0 Å². The number of carbonyl (C=O) groups excluding carboxylic acids is 1. The Morgan fingerprint density at radius 3 is 2.59 bits per heavy atom. The van der Waals surface area contributed by atoms with Crippen molar-refractivity contribution in [3.63, 3.8) is 0 Å². The second-order valence-electron chi connectivity index (χ2n) is 4.41. The molecule has 1 aliphatic rings. The van der Waals surface area contributed by atoms with Gasteiger partial charge in [0, 0.05) is 12.6 Å². The van der Waals surface area contributed by atoms with Crippen LogP contribution in [0.25, 0.3) is 0 Å². The molecule has 1 saturated heterocycles. The predicted molar refractivity (Wildman–Crippen MR) is 62.1 cm³/mol. The Hall–Kier alpha value is -1.13. The van der Waals surface area contributed by atoms with Crippen molar-refractivity contribution in [1.82, 2.24) is 4.31 Å². The SMILES string of the molecule is CC1CCC(C(N)=O)CN1S(=O)(=O)C(C)C#N. The zero-order valence-electron chi connectivity index (χ0n) is 9.96. The van der Waals surface area contributed by atoms with E-state index in [-0.39, 0.29) is 12.6 Å². The number of hydrogen-bond acceptors (Lipinski definition) is 4. The van der Waals surface area contributed by atoms with E-state index >= 15 is 0 Å². The third-order valence-corrected chi connectivity index (χ3v) is 5.34. The lowest BCUT2D eigenvalue weighted by molar-refractivity contribution is -0.123. The van der Waals surface area contributed by atoms with Crippen molar-refractivity contribution in [2.45, 2.75) is 38.0 Å². The van der Waals surface area contributed by atoms with Gasteiger partial charge >= 0.3 is 0 Å². The fraction of sp³-hybridized carbons (Fsp3) is 0.800. The molecule has 0 aromatic heterocycles. The van der Waals surface area contributed by atoms with Gasteiger partial charge in [-0.1, -0.05) is 0 Å². The quantitative estimate of drug-likeness (QED) is 0.758. The number of carbonyl (C=O) groups is 1. The van der Waals surface area contributed by atoms with Crippen LogP contribution in [0, 0.1) is 17.2 Å². The lowest BCUT2D eigenvalue weighted by atomic mass is 9.95. The highest BCUT2D eigenvalue weighted by atomic mass is 32.2. The van der Waals surface area contributed by atoms with Crippen molar-refractivity contribution >= 4 is 15.9 Å². The maximum atomic E-state index is 12.0. The normalized spacial score (nSPS) is 28.3. The van der Waals surface area contributed by atoms with Gasteiger partial charge in [0.2, 0.25) is 15.9 Å². The number of nitriles is 1. The van der Waals surface area contributed by atoms with Gasteiger partial charge in [-0.25, -0.2) is 8.42 Å². The average Bonchev–Trinajstić information content (AvgIpc) is 2.27. The zero-order valence-corrected chi connectivity index (χ0v) is 10.8. The third kappa shape index (κ3) is 2.76. The van der Waals surface area contributed by atoms with Gasteiger partial charge in [0.15, 0.2) is 5.25 Å². The Bertz CT molecular complexity index is 440. The van der Waals surface area contributed by atoms with Gasteiger partial charge in [-0.2, -0.15) is 9.57 Å². The van der Waals surface area contributed by atoms with Crippen LogP contribution in [0.3, 0.4) is 0 Å². The first-order valence-electron chi connectivity index (χ1n) is 5.50. The largest absolute Gasteiger partial charge is 0.369 e. The van der Waals surface area contributed by atoms with E-state index in [1.54, 1.807) is 13.0 Å². The molecule has 1 aliphatic heterocycles. The summed E-state index contributed by atoms with van der Waals surface area (Å²) < 4.78 is 25.3. The second kappa shape index (κ2) is 5.02. The summed E-state index contributed by atoms with van der Waals surface area (Å²) in [7, 11) is -3.66. The van der Waals surface area contributed by atoms with Crippen molar-refractivity contribution in [3.8, 4) is 6.07 Å². The van der Waals surface area contributed by atoms with E-state index in [1.807, 2.05) is 0 Å². The smallest absolute Gasteiger partial charge is 0.230 e. The molecule has 1 rings (SSSR count). The van der Waals surface area contributed by atoms with E-state index in [9.17, 15) is 13.2 Å². The first-order valence-corrected chi connectivity index (χ1v) is 7.00. The summed E-state index contributed by atoms with van der Waals surface area (Å²) in [6, 6.07) is 1.53. The molecular weight excluding hydrogens is 242 g/mol. The van der Waals surface area contributed by atoms with E-state index < -0.39 is 27.1 Å². The van der Waals surface area contributed by atoms with E-state index in [0.29, 0.717) is 12.8 Å². The molecule has 0 bridgehead atoms. The number of amides is 1. The first kappa shape index (κ1) is 13.9. The summed E-state index contributed by atoms with van der Waals surface area (Å²) in [5.74, 6) is -0.937. The highest BCUT2D eigenvalue weighted by molar-refractivity contribution is 7.90. The number of primary amides is 1. The minimum absolute atomic E-state index is 0.0881. The lowest BCUT2D eigenvalue weighted by Crippen LogP contribution is -2.50. The Kier molecular flexibility index (Phi) is 4.11. The molecule has 0 aromatic carbocycles. The number of hydrogen-bond donors (Lipinski definition) is 1. The van der Waals surface area contributed by atoms with Crippen molar-refractivity contribution in [2.24, 2.45) is 11.7 Å². The van der Waals surface area contributed by atoms with Gasteiger partial charge in [-0.15, -0.1) is 0 Å². The lowest BCUT2D eigenvalue weighted by Gasteiger charge is -2.36. The zero-order chi connectivity index (χ0) is 13.2. The van der Waals surface area contributed by atoms with Gasteiger partial charge in [-0.05, 0) is 26.7 Å². The fourth-order valence-corrected chi connectivity index (χ4v) is 3.47. The minimum Gasteiger partial charge on any atom is -0.369 e. The third-order valence-electron chi connectivity index (χ3n) is 3.18. The Balaban J connectivity index is 2.96. The van der Waals surface area contributed by atoms with E-state index in [0.717, 1.165) is 0 Å². The van der Waals surface area contributed by atoms with Crippen LogP contribution in [0.4, 0.5) is 0 Å². The number of sulfonamides is 1. The number of nitrogens with two attached hydrogens (primary N) is 1. The Morgan fingerprint density at radius 1 is 1.53 bits per heavy atom. The van der Waals surface area contributed by atoms with Crippen molar-refractivity contribution in [2.75, 3.05) is 6.54 Å². The van der Waals surface area contributed by atoms with Crippen molar-refractivity contribution in [3.05, 3.63) is 0 Å². The first-order chi connectivity index (χ1) is 7.80. The van der Waals surface area contributed by atoms with E-state index in [2.05, 4.69) is 0 Å². The molecular formula is C10H17N3O3S.